The van der Waals surface area contributed by atoms with E-state index >= 15 is 0 Å². The molecule has 0 radical (unpaired) electrons. The molecule has 0 spiro atoms. The number of ether oxygens (including phenoxy) is 1. The maximum Gasteiger partial charge on any atom is 0.410 e. The summed E-state index contributed by atoms with van der Waals surface area (Å²) in [5.41, 5.74) is -0.569. The number of carboxylic acid groups (broad SMARTS) is 1. The van der Waals surface area contributed by atoms with Crippen molar-refractivity contribution in [3.63, 3.8) is 0 Å². The standard InChI is InChI=1S/C12H21NO5/c1-12(2,3)18-11(17)13-5-4-8(6-10(15)16)9(14)7-13/h8-9,14H,4-7H2,1-3H3,(H,15,16)/t8-,9+/m0/s1. The van der Waals surface area contributed by atoms with E-state index in [2.05, 4.69) is 0 Å². The number of carbonyl (C=O) groups is 2. The Morgan fingerprint density at radius 3 is 2.44 bits per heavy atom. The van der Waals surface area contributed by atoms with Crippen LogP contribution >= 0.6 is 0 Å². The Balaban J connectivity index is 2.50. The summed E-state index contributed by atoms with van der Waals surface area (Å²) in [5.74, 6) is -1.22. The first-order valence-corrected chi connectivity index (χ1v) is 6.07. The molecule has 0 aromatic carbocycles. The molecule has 6 heteroatoms. The number of aliphatic hydroxyl groups is 1. The van der Waals surface area contributed by atoms with E-state index < -0.39 is 23.8 Å². The molecule has 1 amide bonds. The molecule has 2 atom stereocenters. The zero-order valence-corrected chi connectivity index (χ0v) is 11.0. The summed E-state index contributed by atoms with van der Waals surface area (Å²) in [7, 11) is 0. The molecule has 1 fully saturated rings. The predicted octanol–water partition coefficient (Wildman–Crippen LogP) is 1.08. The summed E-state index contributed by atoms with van der Waals surface area (Å²) >= 11 is 0. The number of rotatable bonds is 2. The second-order valence-electron chi connectivity index (χ2n) is 5.64. The molecule has 0 aromatic heterocycles. The van der Waals surface area contributed by atoms with E-state index in [0.29, 0.717) is 13.0 Å². The van der Waals surface area contributed by atoms with Crippen molar-refractivity contribution in [3.05, 3.63) is 0 Å². The summed E-state index contributed by atoms with van der Waals surface area (Å²) in [6, 6.07) is 0. The minimum atomic E-state index is -0.926. The van der Waals surface area contributed by atoms with Crippen molar-refractivity contribution in [2.75, 3.05) is 13.1 Å². The van der Waals surface area contributed by atoms with Crippen LogP contribution in [0.3, 0.4) is 0 Å². The second kappa shape index (κ2) is 5.56. The number of β-amino-alcohol motifs (C(OH)–C–C–N with tert-alkyl or cyclic N) is 1. The van der Waals surface area contributed by atoms with E-state index in [0.717, 1.165) is 0 Å². The van der Waals surface area contributed by atoms with Gasteiger partial charge in [-0.1, -0.05) is 0 Å². The van der Waals surface area contributed by atoms with Crippen LogP contribution in [0.1, 0.15) is 33.6 Å². The molecule has 0 unspecified atom stereocenters. The van der Waals surface area contributed by atoms with Gasteiger partial charge in [0.15, 0.2) is 0 Å². The van der Waals surface area contributed by atoms with Gasteiger partial charge < -0.3 is 19.8 Å². The van der Waals surface area contributed by atoms with Crippen LogP contribution in [0.4, 0.5) is 4.79 Å². The van der Waals surface area contributed by atoms with Gasteiger partial charge in [0, 0.05) is 6.54 Å². The Morgan fingerprint density at radius 2 is 2.00 bits per heavy atom. The fourth-order valence-electron chi connectivity index (χ4n) is 1.93. The van der Waals surface area contributed by atoms with E-state index in [9.17, 15) is 14.7 Å². The zero-order chi connectivity index (χ0) is 13.9. The quantitative estimate of drug-likeness (QED) is 0.774. The average Bonchev–Trinajstić information content (AvgIpc) is 2.17. The Bertz CT molecular complexity index is 323. The average molecular weight is 259 g/mol. The molecule has 1 saturated heterocycles. The van der Waals surface area contributed by atoms with Crippen LogP contribution in [-0.2, 0) is 9.53 Å². The first kappa shape index (κ1) is 14.8. The van der Waals surface area contributed by atoms with Crippen LogP contribution in [0.25, 0.3) is 0 Å². The van der Waals surface area contributed by atoms with Crippen molar-refractivity contribution in [2.45, 2.75) is 45.3 Å². The molecule has 1 rings (SSSR count). The first-order chi connectivity index (χ1) is 8.19. The van der Waals surface area contributed by atoms with Crippen LogP contribution < -0.4 is 0 Å². The number of piperidine rings is 1. The van der Waals surface area contributed by atoms with Crippen molar-refractivity contribution in [3.8, 4) is 0 Å². The molecule has 2 N–H and O–H groups in total. The fourth-order valence-corrected chi connectivity index (χ4v) is 1.93. The topological polar surface area (TPSA) is 87.1 Å². The highest BCUT2D eigenvalue weighted by molar-refractivity contribution is 5.69. The van der Waals surface area contributed by atoms with E-state index in [1.54, 1.807) is 20.8 Å². The lowest BCUT2D eigenvalue weighted by Crippen LogP contribution is -2.48. The van der Waals surface area contributed by atoms with Crippen molar-refractivity contribution in [1.82, 2.24) is 4.90 Å². The van der Waals surface area contributed by atoms with Crippen molar-refractivity contribution >= 4 is 12.1 Å². The van der Waals surface area contributed by atoms with E-state index in [1.807, 2.05) is 0 Å². The van der Waals surface area contributed by atoms with Crippen LogP contribution in [-0.4, -0.2) is 52.0 Å². The summed E-state index contributed by atoms with van der Waals surface area (Å²) in [4.78, 5) is 23.8. The number of likely N-dealkylation sites (tertiary alicyclic amines) is 1. The van der Waals surface area contributed by atoms with Gasteiger partial charge in [0.05, 0.1) is 19.1 Å². The fraction of sp³-hybridized carbons (Fsp3) is 0.833. The maximum atomic E-state index is 11.8. The molecule has 18 heavy (non-hydrogen) atoms. The number of hydrogen-bond donors (Lipinski definition) is 2. The summed E-state index contributed by atoms with van der Waals surface area (Å²) in [6.45, 7) is 5.88. The largest absolute Gasteiger partial charge is 0.481 e. The molecule has 104 valence electrons. The molecular formula is C12H21NO5. The first-order valence-electron chi connectivity index (χ1n) is 6.07. The molecule has 0 saturated carbocycles. The van der Waals surface area contributed by atoms with Gasteiger partial charge in [-0.25, -0.2) is 4.79 Å². The molecular weight excluding hydrogens is 238 g/mol. The minimum Gasteiger partial charge on any atom is -0.481 e. The summed E-state index contributed by atoms with van der Waals surface area (Å²) in [6.07, 6.45) is -0.853. The van der Waals surface area contributed by atoms with Gasteiger partial charge in [-0.3, -0.25) is 4.79 Å². The zero-order valence-electron chi connectivity index (χ0n) is 11.0. The van der Waals surface area contributed by atoms with Crippen LogP contribution in [0.15, 0.2) is 0 Å². The highest BCUT2D eigenvalue weighted by Crippen LogP contribution is 2.22. The van der Waals surface area contributed by atoms with Crippen molar-refractivity contribution in [2.24, 2.45) is 5.92 Å². The van der Waals surface area contributed by atoms with Crippen molar-refractivity contribution < 1.29 is 24.5 Å². The summed E-state index contributed by atoms with van der Waals surface area (Å²) in [5, 5.41) is 18.5. The molecule has 1 heterocycles. The van der Waals surface area contributed by atoms with Crippen LogP contribution in [0, 0.1) is 5.92 Å². The Labute approximate surface area is 107 Å². The molecule has 1 aliphatic heterocycles. The summed E-state index contributed by atoms with van der Waals surface area (Å²) < 4.78 is 5.20. The Hall–Kier alpha value is -1.30. The third-order valence-corrected chi connectivity index (χ3v) is 2.81. The number of aliphatic hydroxyl groups excluding tert-OH is 1. The van der Waals surface area contributed by atoms with Gasteiger partial charge in [0.1, 0.15) is 5.60 Å². The molecule has 6 nitrogen and oxygen atoms in total. The normalized spacial score (nSPS) is 24.8. The molecule has 0 aromatic rings. The van der Waals surface area contributed by atoms with Crippen molar-refractivity contribution in [1.29, 1.82) is 0 Å². The third kappa shape index (κ3) is 4.52. The van der Waals surface area contributed by atoms with Gasteiger partial charge in [-0.2, -0.15) is 0 Å². The number of carboxylic acids is 1. The van der Waals surface area contributed by atoms with Gasteiger partial charge in [-0.15, -0.1) is 0 Å². The molecule has 0 bridgehead atoms. The number of carbonyl (C=O) groups excluding carboxylic acids is 1. The van der Waals surface area contributed by atoms with E-state index in [4.69, 9.17) is 9.84 Å². The number of aliphatic carboxylic acids is 1. The van der Waals surface area contributed by atoms with E-state index in [1.165, 1.54) is 4.90 Å². The Morgan fingerprint density at radius 1 is 1.39 bits per heavy atom. The van der Waals surface area contributed by atoms with Gasteiger partial charge in [-0.05, 0) is 33.1 Å². The smallest absolute Gasteiger partial charge is 0.410 e. The lowest BCUT2D eigenvalue weighted by atomic mass is 9.91. The highest BCUT2D eigenvalue weighted by Gasteiger charge is 2.33. The Kier molecular flexibility index (Phi) is 4.56. The van der Waals surface area contributed by atoms with Gasteiger partial charge in [0.25, 0.3) is 0 Å². The highest BCUT2D eigenvalue weighted by atomic mass is 16.6. The maximum absolute atomic E-state index is 11.8. The third-order valence-electron chi connectivity index (χ3n) is 2.81. The second-order valence-corrected chi connectivity index (χ2v) is 5.64. The number of hydrogen-bond acceptors (Lipinski definition) is 4. The lowest BCUT2D eigenvalue weighted by Gasteiger charge is -2.36. The monoisotopic (exact) mass is 259 g/mol. The SMILES string of the molecule is CC(C)(C)OC(=O)N1CC[C@@H](CC(=O)O)[C@H](O)C1. The number of nitrogens with zero attached hydrogens (tertiary/aromatic N) is 1. The molecule has 0 aliphatic carbocycles. The van der Waals surface area contributed by atoms with Crippen LogP contribution in [0.5, 0.6) is 0 Å². The van der Waals surface area contributed by atoms with Crippen LogP contribution in [0.2, 0.25) is 0 Å². The lowest BCUT2D eigenvalue weighted by molar-refractivity contribution is -0.139. The predicted molar refractivity (Wildman–Crippen MR) is 64.2 cm³/mol. The minimum absolute atomic E-state index is 0.0661. The van der Waals surface area contributed by atoms with Gasteiger partial charge in [0.2, 0.25) is 0 Å². The molecule has 1 aliphatic rings. The van der Waals surface area contributed by atoms with E-state index in [-0.39, 0.29) is 18.9 Å². The van der Waals surface area contributed by atoms with Gasteiger partial charge >= 0.3 is 12.1 Å². The number of amides is 1.